The topological polar surface area (TPSA) is 104 Å². The maximum atomic E-state index is 11.6. The molecule has 20 heavy (non-hydrogen) atoms. The number of nitro benzene ring substituents is 1. The molecular formula is C13H19N3O4. The average molecular weight is 281 g/mol. The Kier molecular flexibility index (Phi) is 5.92. The molecule has 1 unspecified atom stereocenters. The Hall–Kier alpha value is -2.15. The van der Waals surface area contributed by atoms with Crippen molar-refractivity contribution in [2.75, 3.05) is 11.9 Å². The molecule has 0 heterocycles. The van der Waals surface area contributed by atoms with E-state index in [0.717, 1.165) is 0 Å². The van der Waals surface area contributed by atoms with Gasteiger partial charge in [0.2, 0.25) is 0 Å². The molecule has 1 rings (SSSR count). The summed E-state index contributed by atoms with van der Waals surface area (Å²) in [5, 5.41) is 25.2. The second kappa shape index (κ2) is 7.44. The molecule has 3 N–H and O–H groups in total. The van der Waals surface area contributed by atoms with Gasteiger partial charge < -0.3 is 15.7 Å². The monoisotopic (exact) mass is 281 g/mol. The molecule has 0 radical (unpaired) electrons. The van der Waals surface area contributed by atoms with E-state index in [1.165, 1.54) is 6.07 Å². The summed E-state index contributed by atoms with van der Waals surface area (Å²) in [6.45, 7) is 3.83. The molecule has 1 aromatic rings. The zero-order valence-electron chi connectivity index (χ0n) is 11.5. The minimum absolute atomic E-state index is 0.0378. The SMILES string of the molecule is CCC(O)CCNC(=O)Nc1ccc(C)c([N+](=O)[O-])c1. The first kappa shape index (κ1) is 15.9. The number of aliphatic hydroxyl groups excluding tert-OH is 1. The Balaban J connectivity index is 2.54. The Morgan fingerprint density at radius 1 is 1.50 bits per heavy atom. The Labute approximate surface area is 117 Å². The van der Waals surface area contributed by atoms with E-state index in [0.29, 0.717) is 30.6 Å². The smallest absolute Gasteiger partial charge is 0.319 e. The van der Waals surface area contributed by atoms with Crippen LogP contribution in [0.1, 0.15) is 25.3 Å². The number of hydrogen-bond donors (Lipinski definition) is 3. The van der Waals surface area contributed by atoms with Crippen LogP contribution in [0.3, 0.4) is 0 Å². The number of carbonyl (C=O) groups is 1. The second-order valence-corrected chi connectivity index (χ2v) is 4.49. The number of urea groups is 1. The van der Waals surface area contributed by atoms with Crippen molar-refractivity contribution in [1.29, 1.82) is 0 Å². The van der Waals surface area contributed by atoms with Gasteiger partial charge in [-0.25, -0.2) is 4.79 Å². The van der Waals surface area contributed by atoms with Crippen molar-refractivity contribution in [3.05, 3.63) is 33.9 Å². The quantitative estimate of drug-likeness (QED) is 0.549. The number of aliphatic hydroxyl groups is 1. The highest BCUT2D eigenvalue weighted by atomic mass is 16.6. The van der Waals surface area contributed by atoms with E-state index in [1.807, 2.05) is 6.92 Å². The van der Waals surface area contributed by atoms with Crippen LogP contribution in [0.15, 0.2) is 18.2 Å². The van der Waals surface area contributed by atoms with Crippen LogP contribution in [0.25, 0.3) is 0 Å². The van der Waals surface area contributed by atoms with Gasteiger partial charge in [0.25, 0.3) is 5.69 Å². The number of nitro groups is 1. The van der Waals surface area contributed by atoms with Crippen LogP contribution in [0, 0.1) is 17.0 Å². The largest absolute Gasteiger partial charge is 0.393 e. The molecule has 0 bridgehead atoms. The lowest BCUT2D eigenvalue weighted by atomic mass is 10.2. The predicted octanol–water partition coefficient (Wildman–Crippen LogP) is 2.19. The number of benzene rings is 1. The van der Waals surface area contributed by atoms with E-state index in [-0.39, 0.29) is 5.69 Å². The van der Waals surface area contributed by atoms with Gasteiger partial charge in [0.1, 0.15) is 0 Å². The lowest BCUT2D eigenvalue weighted by molar-refractivity contribution is -0.385. The summed E-state index contributed by atoms with van der Waals surface area (Å²) in [7, 11) is 0. The maximum Gasteiger partial charge on any atom is 0.319 e. The normalized spacial score (nSPS) is 11.8. The number of anilines is 1. The van der Waals surface area contributed by atoms with Crippen LogP contribution in [0.2, 0.25) is 0 Å². The highest BCUT2D eigenvalue weighted by Crippen LogP contribution is 2.22. The summed E-state index contributed by atoms with van der Waals surface area (Å²) < 4.78 is 0. The van der Waals surface area contributed by atoms with Gasteiger partial charge in [0.05, 0.1) is 11.0 Å². The third-order valence-corrected chi connectivity index (χ3v) is 2.90. The Bertz CT molecular complexity index is 491. The molecule has 0 aliphatic heterocycles. The molecule has 0 aliphatic rings. The number of rotatable bonds is 6. The zero-order chi connectivity index (χ0) is 15.1. The minimum Gasteiger partial charge on any atom is -0.393 e. The molecule has 0 aromatic heterocycles. The number of amides is 2. The van der Waals surface area contributed by atoms with Gasteiger partial charge in [-0.2, -0.15) is 0 Å². The van der Waals surface area contributed by atoms with Crippen molar-refractivity contribution in [2.24, 2.45) is 0 Å². The molecule has 0 fully saturated rings. The van der Waals surface area contributed by atoms with Crippen molar-refractivity contribution in [2.45, 2.75) is 32.8 Å². The summed E-state index contributed by atoms with van der Waals surface area (Å²) >= 11 is 0. The molecular weight excluding hydrogens is 262 g/mol. The summed E-state index contributed by atoms with van der Waals surface area (Å²) in [4.78, 5) is 21.9. The zero-order valence-corrected chi connectivity index (χ0v) is 11.5. The van der Waals surface area contributed by atoms with Gasteiger partial charge in [-0.1, -0.05) is 13.0 Å². The van der Waals surface area contributed by atoms with Gasteiger partial charge in [-0.3, -0.25) is 10.1 Å². The van der Waals surface area contributed by atoms with Gasteiger partial charge >= 0.3 is 6.03 Å². The number of hydrogen-bond acceptors (Lipinski definition) is 4. The Morgan fingerprint density at radius 3 is 2.80 bits per heavy atom. The number of carbonyl (C=O) groups excluding carboxylic acids is 1. The van der Waals surface area contributed by atoms with Gasteiger partial charge in [0.15, 0.2) is 0 Å². The molecule has 2 amide bonds. The van der Waals surface area contributed by atoms with Crippen molar-refractivity contribution < 1.29 is 14.8 Å². The molecule has 1 atom stereocenters. The number of nitrogens with zero attached hydrogens (tertiary/aromatic N) is 1. The molecule has 110 valence electrons. The molecule has 0 spiro atoms. The van der Waals surface area contributed by atoms with Crippen molar-refractivity contribution in [3.8, 4) is 0 Å². The third-order valence-electron chi connectivity index (χ3n) is 2.90. The first-order valence-corrected chi connectivity index (χ1v) is 6.42. The summed E-state index contributed by atoms with van der Waals surface area (Å²) in [5.41, 5.74) is 0.854. The van der Waals surface area contributed by atoms with E-state index in [9.17, 15) is 20.0 Å². The standard InChI is InChI=1S/C13H19N3O4/c1-3-11(17)6-7-14-13(18)15-10-5-4-9(2)12(8-10)16(19)20/h4-5,8,11,17H,3,6-7H2,1-2H3,(H2,14,15,18). The summed E-state index contributed by atoms with van der Waals surface area (Å²) in [6.07, 6.45) is 0.668. The lowest BCUT2D eigenvalue weighted by Gasteiger charge is -2.10. The van der Waals surface area contributed by atoms with Gasteiger partial charge in [-0.05, 0) is 25.8 Å². The van der Waals surface area contributed by atoms with Crippen LogP contribution in [-0.2, 0) is 0 Å². The first-order valence-electron chi connectivity index (χ1n) is 6.42. The van der Waals surface area contributed by atoms with Crippen LogP contribution < -0.4 is 10.6 Å². The van der Waals surface area contributed by atoms with E-state index < -0.39 is 17.1 Å². The van der Waals surface area contributed by atoms with E-state index in [1.54, 1.807) is 19.1 Å². The molecule has 0 aliphatic carbocycles. The fourth-order valence-electron chi connectivity index (χ4n) is 1.62. The van der Waals surface area contributed by atoms with Gasteiger partial charge in [0, 0.05) is 23.9 Å². The fourth-order valence-corrected chi connectivity index (χ4v) is 1.62. The van der Waals surface area contributed by atoms with Crippen molar-refractivity contribution in [3.63, 3.8) is 0 Å². The first-order chi connectivity index (χ1) is 9.43. The third kappa shape index (κ3) is 4.85. The maximum absolute atomic E-state index is 11.6. The molecule has 1 aromatic carbocycles. The van der Waals surface area contributed by atoms with Crippen LogP contribution in [0.4, 0.5) is 16.2 Å². The molecule has 0 saturated heterocycles. The van der Waals surface area contributed by atoms with Crippen LogP contribution in [-0.4, -0.2) is 28.7 Å². The molecule has 0 saturated carbocycles. The predicted molar refractivity (Wildman–Crippen MR) is 75.8 cm³/mol. The number of aryl methyl sites for hydroxylation is 1. The molecule has 7 heteroatoms. The summed E-state index contributed by atoms with van der Waals surface area (Å²) in [6, 6.07) is 4.04. The second-order valence-electron chi connectivity index (χ2n) is 4.49. The van der Waals surface area contributed by atoms with E-state index in [4.69, 9.17) is 0 Å². The Morgan fingerprint density at radius 2 is 2.20 bits per heavy atom. The van der Waals surface area contributed by atoms with Crippen molar-refractivity contribution in [1.82, 2.24) is 5.32 Å². The van der Waals surface area contributed by atoms with Crippen LogP contribution in [0.5, 0.6) is 0 Å². The van der Waals surface area contributed by atoms with Gasteiger partial charge in [-0.15, -0.1) is 0 Å². The minimum atomic E-state index is -0.490. The lowest BCUT2D eigenvalue weighted by Crippen LogP contribution is -2.31. The van der Waals surface area contributed by atoms with E-state index in [2.05, 4.69) is 10.6 Å². The highest BCUT2D eigenvalue weighted by Gasteiger charge is 2.12. The van der Waals surface area contributed by atoms with Crippen molar-refractivity contribution >= 4 is 17.4 Å². The molecule has 7 nitrogen and oxygen atoms in total. The van der Waals surface area contributed by atoms with E-state index >= 15 is 0 Å². The highest BCUT2D eigenvalue weighted by molar-refractivity contribution is 5.89. The number of nitrogens with one attached hydrogen (secondary N) is 2. The summed E-state index contributed by atoms with van der Waals surface area (Å²) in [5.74, 6) is 0. The van der Waals surface area contributed by atoms with Crippen LogP contribution >= 0.6 is 0 Å². The average Bonchev–Trinajstić information content (AvgIpc) is 2.40. The fraction of sp³-hybridized carbons (Fsp3) is 0.462.